The van der Waals surface area contributed by atoms with E-state index in [1.54, 1.807) is 12.1 Å². The minimum atomic E-state index is -1.19. The Hall–Kier alpha value is -2.94. The van der Waals surface area contributed by atoms with Gasteiger partial charge in [0.15, 0.2) is 0 Å². The summed E-state index contributed by atoms with van der Waals surface area (Å²) in [7, 11) is 0. The number of nitrogens with zero attached hydrogens (tertiary/aromatic N) is 3. The molecule has 0 spiro atoms. The van der Waals surface area contributed by atoms with Crippen LogP contribution in [0.4, 0.5) is 4.39 Å². The van der Waals surface area contributed by atoms with Gasteiger partial charge in [-0.25, -0.2) is 4.39 Å². The van der Waals surface area contributed by atoms with Gasteiger partial charge in [-0.3, -0.25) is 9.58 Å². The summed E-state index contributed by atoms with van der Waals surface area (Å²) in [5.74, 6) is 0.837. The van der Waals surface area contributed by atoms with Crippen LogP contribution in [0, 0.1) is 12.7 Å². The van der Waals surface area contributed by atoms with Crippen molar-refractivity contribution in [1.29, 1.82) is 0 Å². The molecular formula is C26H32FN3O4. The van der Waals surface area contributed by atoms with Crippen LogP contribution in [-0.2, 0) is 17.8 Å². The molecule has 182 valence electrons. The van der Waals surface area contributed by atoms with E-state index in [0.717, 1.165) is 29.8 Å². The van der Waals surface area contributed by atoms with E-state index >= 15 is 0 Å². The normalized spacial score (nSPS) is 19.0. The Bertz CT molecular complexity index is 1060. The number of rotatable bonds is 10. The van der Waals surface area contributed by atoms with Gasteiger partial charge in [-0.05, 0) is 42.3 Å². The van der Waals surface area contributed by atoms with Gasteiger partial charge in [-0.2, -0.15) is 5.10 Å². The second-order valence-corrected chi connectivity index (χ2v) is 8.86. The van der Waals surface area contributed by atoms with Crippen LogP contribution in [0.5, 0.6) is 11.5 Å². The number of aromatic nitrogens is 2. The minimum absolute atomic E-state index is 0.0197. The number of aryl methyl sites for hydroxylation is 2. The molecule has 0 aliphatic carbocycles. The highest BCUT2D eigenvalue weighted by atomic mass is 19.1. The Balaban J connectivity index is 1.28. The van der Waals surface area contributed by atoms with E-state index in [2.05, 4.69) is 10.00 Å². The Labute approximate surface area is 199 Å². The summed E-state index contributed by atoms with van der Waals surface area (Å²) in [4.78, 5) is 2.14. The summed E-state index contributed by atoms with van der Waals surface area (Å²) in [6, 6.07) is 13.9. The molecule has 1 aromatic heterocycles. The first-order valence-electron chi connectivity index (χ1n) is 11.6. The lowest BCUT2D eigenvalue weighted by molar-refractivity contribution is -0.0647. The van der Waals surface area contributed by atoms with Crippen LogP contribution in [0.3, 0.4) is 0 Å². The van der Waals surface area contributed by atoms with Crippen molar-refractivity contribution in [2.24, 2.45) is 0 Å². The van der Waals surface area contributed by atoms with Gasteiger partial charge in [0, 0.05) is 44.9 Å². The number of ether oxygens (including phenoxy) is 3. The molecule has 0 bridgehead atoms. The van der Waals surface area contributed by atoms with Crippen LogP contribution < -0.4 is 9.47 Å². The second-order valence-electron chi connectivity index (χ2n) is 8.86. The summed E-state index contributed by atoms with van der Waals surface area (Å²) in [6.45, 7) is 5.88. The lowest BCUT2D eigenvalue weighted by atomic mass is 10.1. The summed E-state index contributed by atoms with van der Waals surface area (Å²) >= 11 is 0. The van der Waals surface area contributed by atoms with E-state index in [4.69, 9.17) is 14.2 Å². The van der Waals surface area contributed by atoms with Crippen LogP contribution >= 0.6 is 0 Å². The number of hydrogen-bond donors (Lipinski definition) is 1. The molecule has 0 radical (unpaired) electrons. The van der Waals surface area contributed by atoms with Gasteiger partial charge in [0.2, 0.25) is 0 Å². The van der Waals surface area contributed by atoms with Gasteiger partial charge < -0.3 is 19.3 Å². The standard InChI is InChI=1S/C26H32FN3O4/c1-21-15-28-30(16-21)9-4-11-33-24-7-2-5-22(13-24)17-29-10-12-32-19-26(31,18-29)20-34-25-8-3-6-23(27)14-25/h2-3,5-8,13-16,31H,4,9-12,17-20H2,1H3/t26-/m0/s1. The molecule has 1 aliphatic heterocycles. The molecule has 7 nitrogen and oxygen atoms in total. The van der Waals surface area contributed by atoms with Crippen LogP contribution in [0.15, 0.2) is 60.9 Å². The van der Waals surface area contributed by atoms with Gasteiger partial charge in [-0.1, -0.05) is 18.2 Å². The third-order valence-corrected chi connectivity index (χ3v) is 5.61. The van der Waals surface area contributed by atoms with Gasteiger partial charge in [0.05, 0.1) is 26.0 Å². The van der Waals surface area contributed by atoms with Crippen LogP contribution in [0.2, 0.25) is 0 Å². The Morgan fingerprint density at radius 1 is 1.15 bits per heavy atom. The topological polar surface area (TPSA) is 69.0 Å². The zero-order valence-corrected chi connectivity index (χ0v) is 19.5. The molecule has 2 heterocycles. The van der Waals surface area contributed by atoms with E-state index in [1.165, 1.54) is 12.1 Å². The highest BCUT2D eigenvalue weighted by molar-refractivity contribution is 5.28. The van der Waals surface area contributed by atoms with Gasteiger partial charge >= 0.3 is 0 Å². The maximum Gasteiger partial charge on any atom is 0.134 e. The van der Waals surface area contributed by atoms with Crippen molar-refractivity contribution in [3.8, 4) is 11.5 Å². The summed E-state index contributed by atoms with van der Waals surface area (Å²) in [5.41, 5.74) is 1.05. The average Bonchev–Trinajstić information content (AvgIpc) is 3.14. The molecule has 0 saturated carbocycles. The third-order valence-electron chi connectivity index (χ3n) is 5.61. The van der Waals surface area contributed by atoms with E-state index in [-0.39, 0.29) is 19.0 Å². The maximum absolute atomic E-state index is 13.4. The first-order valence-corrected chi connectivity index (χ1v) is 11.6. The molecule has 1 N–H and O–H groups in total. The largest absolute Gasteiger partial charge is 0.494 e. The first-order chi connectivity index (χ1) is 16.5. The molecule has 1 aliphatic rings. The Morgan fingerprint density at radius 2 is 1.97 bits per heavy atom. The quantitative estimate of drug-likeness (QED) is 0.459. The zero-order valence-electron chi connectivity index (χ0n) is 19.5. The highest BCUT2D eigenvalue weighted by Crippen LogP contribution is 2.20. The van der Waals surface area contributed by atoms with Crippen molar-refractivity contribution in [2.75, 3.05) is 39.5 Å². The highest BCUT2D eigenvalue weighted by Gasteiger charge is 2.33. The van der Waals surface area contributed by atoms with Gasteiger partial charge in [-0.15, -0.1) is 0 Å². The van der Waals surface area contributed by atoms with E-state index in [1.807, 2.05) is 48.3 Å². The molecular weight excluding hydrogens is 437 g/mol. The fourth-order valence-electron chi connectivity index (χ4n) is 3.99. The average molecular weight is 470 g/mol. The second kappa shape index (κ2) is 11.5. The zero-order chi connectivity index (χ0) is 23.8. The summed E-state index contributed by atoms with van der Waals surface area (Å²) < 4.78 is 32.6. The number of halogens is 1. The number of benzene rings is 2. The monoisotopic (exact) mass is 469 g/mol. The first kappa shape index (κ1) is 24.2. The van der Waals surface area contributed by atoms with Gasteiger partial charge in [0.25, 0.3) is 0 Å². The van der Waals surface area contributed by atoms with Crippen molar-refractivity contribution >= 4 is 0 Å². The van der Waals surface area contributed by atoms with Crippen molar-refractivity contribution in [3.63, 3.8) is 0 Å². The Kier molecular flexibility index (Phi) is 8.16. The molecule has 4 rings (SSSR count). The molecule has 3 aromatic rings. The number of β-amino-alcohol motifs (C(OH)–C–C–N with tert-alkyl or cyclic N) is 1. The van der Waals surface area contributed by atoms with E-state index < -0.39 is 5.60 Å². The van der Waals surface area contributed by atoms with E-state index in [9.17, 15) is 9.50 Å². The molecule has 0 amide bonds. The predicted octanol–water partition coefficient (Wildman–Crippen LogP) is 3.44. The van der Waals surface area contributed by atoms with Crippen LogP contribution in [-0.4, -0.2) is 64.9 Å². The van der Waals surface area contributed by atoms with E-state index in [0.29, 0.717) is 38.6 Å². The SMILES string of the molecule is Cc1cnn(CCCOc2cccc(CN3CCOC[C@](O)(COc4cccc(F)c4)C3)c2)c1. The molecule has 34 heavy (non-hydrogen) atoms. The van der Waals surface area contributed by atoms with Crippen molar-refractivity contribution < 1.29 is 23.7 Å². The van der Waals surface area contributed by atoms with Crippen LogP contribution in [0.25, 0.3) is 0 Å². The third kappa shape index (κ3) is 7.28. The predicted molar refractivity (Wildman–Crippen MR) is 126 cm³/mol. The minimum Gasteiger partial charge on any atom is -0.494 e. The molecule has 0 unspecified atom stereocenters. The summed E-state index contributed by atoms with van der Waals surface area (Å²) in [5, 5.41) is 15.4. The van der Waals surface area contributed by atoms with Crippen molar-refractivity contribution in [1.82, 2.24) is 14.7 Å². The number of aliphatic hydroxyl groups is 1. The molecule has 1 atom stereocenters. The number of hydrogen-bond acceptors (Lipinski definition) is 6. The fourth-order valence-corrected chi connectivity index (χ4v) is 3.99. The lowest BCUT2D eigenvalue weighted by Crippen LogP contribution is -2.48. The maximum atomic E-state index is 13.4. The molecule has 1 saturated heterocycles. The van der Waals surface area contributed by atoms with Crippen molar-refractivity contribution in [3.05, 3.63) is 77.9 Å². The Morgan fingerprint density at radius 3 is 2.76 bits per heavy atom. The molecule has 1 fully saturated rings. The summed E-state index contributed by atoms with van der Waals surface area (Å²) in [6.07, 6.45) is 4.75. The molecule has 8 heteroatoms. The van der Waals surface area contributed by atoms with Crippen LogP contribution in [0.1, 0.15) is 17.5 Å². The van der Waals surface area contributed by atoms with Gasteiger partial charge in [0.1, 0.15) is 29.5 Å². The molecule has 2 aromatic carbocycles. The van der Waals surface area contributed by atoms with Crippen molar-refractivity contribution in [2.45, 2.75) is 32.0 Å². The fraction of sp³-hybridized carbons (Fsp3) is 0.423. The lowest BCUT2D eigenvalue weighted by Gasteiger charge is -2.30. The smallest absolute Gasteiger partial charge is 0.134 e.